The molecule has 0 saturated carbocycles. The molecule has 0 spiro atoms. The zero-order valence-electron chi connectivity index (χ0n) is 13.0. The second kappa shape index (κ2) is 7.36. The number of ether oxygens (including phenoxy) is 1. The van der Waals surface area contributed by atoms with Gasteiger partial charge >= 0.3 is 0 Å². The van der Waals surface area contributed by atoms with Crippen LogP contribution in [0.2, 0.25) is 0 Å². The lowest BCUT2D eigenvalue weighted by molar-refractivity contribution is -0.114. The molecule has 0 heterocycles. The molecule has 2 aromatic rings. The first-order chi connectivity index (χ1) is 10.8. The number of carbonyl (C=O) groups excluding carboxylic acids is 1. The lowest BCUT2D eigenvalue weighted by Crippen LogP contribution is -2.05. The van der Waals surface area contributed by atoms with Crippen LogP contribution in [0, 0.1) is 0 Å². The quantitative estimate of drug-likeness (QED) is 0.629. The first-order valence-corrected chi connectivity index (χ1v) is 8.64. The van der Waals surface area contributed by atoms with Gasteiger partial charge in [0.2, 0.25) is 5.91 Å². The van der Waals surface area contributed by atoms with Gasteiger partial charge in [-0.3, -0.25) is 4.79 Å². The first kappa shape index (κ1) is 17.8. The lowest BCUT2D eigenvalue weighted by Gasteiger charge is -2.14. The Kier molecular flexibility index (Phi) is 5.70. The number of nitrogens with one attached hydrogen (secondary N) is 1. The molecule has 2 N–H and O–H groups in total. The predicted octanol–water partition coefficient (Wildman–Crippen LogP) is 5.79. The fraction of sp³-hybridized carbons (Fsp3) is 0.235. The van der Waals surface area contributed by atoms with Crippen molar-refractivity contribution in [1.29, 1.82) is 0 Å². The number of rotatable bonds is 4. The molecule has 0 aliphatic rings. The Morgan fingerprint density at radius 3 is 2.30 bits per heavy atom. The van der Waals surface area contributed by atoms with Gasteiger partial charge < -0.3 is 15.2 Å². The molecule has 0 atom stereocenters. The molecule has 2 rings (SSSR count). The summed E-state index contributed by atoms with van der Waals surface area (Å²) in [6, 6.07) is 8.69. The summed E-state index contributed by atoms with van der Waals surface area (Å²) < 4.78 is 7.34. The fourth-order valence-electron chi connectivity index (χ4n) is 2.11. The highest BCUT2D eigenvalue weighted by Crippen LogP contribution is 2.40. The van der Waals surface area contributed by atoms with E-state index in [1.165, 1.54) is 6.92 Å². The van der Waals surface area contributed by atoms with Crippen LogP contribution in [0.15, 0.2) is 39.3 Å². The van der Waals surface area contributed by atoms with E-state index in [0.29, 0.717) is 26.1 Å². The number of anilines is 1. The number of hydrogen-bond donors (Lipinski definition) is 2. The number of carbonyl (C=O) groups is 1. The van der Waals surface area contributed by atoms with E-state index >= 15 is 0 Å². The molecule has 122 valence electrons. The SMILES string of the molecule is CC(=O)Nc1cc(Br)c(Oc2ccc(O)c(C(C)C)c2)c(Br)c1. The van der Waals surface area contributed by atoms with E-state index in [1.807, 2.05) is 19.9 Å². The normalized spacial score (nSPS) is 10.7. The van der Waals surface area contributed by atoms with Gasteiger partial charge in [-0.1, -0.05) is 13.8 Å². The van der Waals surface area contributed by atoms with E-state index in [4.69, 9.17) is 4.74 Å². The number of amides is 1. The van der Waals surface area contributed by atoms with Crippen molar-refractivity contribution < 1.29 is 14.6 Å². The largest absolute Gasteiger partial charge is 0.508 e. The van der Waals surface area contributed by atoms with Crippen LogP contribution in [0.4, 0.5) is 5.69 Å². The van der Waals surface area contributed by atoms with Gasteiger partial charge in [0.1, 0.15) is 11.5 Å². The summed E-state index contributed by atoms with van der Waals surface area (Å²) in [5.41, 5.74) is 1.49. The van der Waals surface area contributed by atoms with Gasteiger partial charge in [0, 0.05) is 18.2 Å². The molecule has 6 heteroatoms. The van der Waals surface area contributed by atoms with Crippen molar-refractivity contribution in [3.63, 3.8) is 0 Å². The average molecular weight is 443 g/mol. The van der Waals surface area contributed by atoms with E-state index in [-0.39, 0.29) is 17.6 Å². The summed E-state index contributed by atoms with van der Waals surface area (Å²) in [6.07, 6.45) is 0. The Labute approximate surface area is 152 Å². The van der Waals surface area contributed by atoms with Crippen molar-refractivity contribution >= 4 is 43.5 Å². The van der Waals surface area contributed by atoms with Crippen LogP contribution in [0.3, 0.4) is 0 Å². The maximum atomic E-state index is 11.1. The maximum Gasteiger partial charge on any atom is 0.221 e. The van der Waals surface area contributed by atoms with Gasteiger partial charge in [-0.15, -0.1) is 0 Å². The molecule has 0 bridgehead atoms. The van der Waals surface area contributed by atoms with Crippen molar-refractivity contribution in [2.45, 2.75) is 26.7 Å². The molecule has 23 heavy (non-hydrogen) atoms. The van der Waals surface area contributed by atoms with Crippen LogP contribution in [0.25, 0.3) is 0 Å². The standard InChI is InChI=1S/C17H17Br2NO3/c1-9(2)13-8-12(4-5-16(13)22)23-17-14(18)6-11(7-15(17)19)20-10(3)21/h4-9,22H,1-3H3,(H,20,21). The second-order valence-corrected chi connectivity index (χ2v) is 7.14. The summed E-state index contributed by atoms with van der Waals surface area (Å²) in [5.74, 6) is 1.52. The molecule has 0 radical (unpaired) electrons. The highest BCUT2D eigenvalue weighted by Gasteiger charge is 2.13. The van der Waals surface area contributed by atoms with Crippen LogP contribution >= 0.6 is 31.9 Å². The van der Waals surface area contributed by atoms with Crippen molar-refractivity contribution in [1.82, 2.24) is 0 Å². The highest BCUT2D eigenvalue weighted by molar-refractivity contribution is 9.11. The summed E-state index contributed by atoms with van der Waals surface area (Å²) in [7, 11) is 0. The Bertz CT molecular complexity index is 722. The molecular formula is C17H17Br2NO3. The third kappa shape index (κ3) is 4.48. The van der Waals surface area contributed by atoms with E-state index in [2.05, 4.69) is 37.2 Å². The Morgan fingerprint density at radius 1 is 1.17 bits per heavy atom. The number of benzene rings is 2. The fourth-order valence-corrected chi connectivity index (χ4v) is 3.46. The minimum Gasteiger partial charge on any atom is -0.508 e. The van der Waals surface area contributed by atoms with Crippen LogP contribution in [-0.4, -0.2) is 11.0 Å². The molecule has 2 aromatic carbocycles. The Morgan fingerprint density at radius 2 is 1.78 bits per heavy atom. The summed E-state index contributed by atoms with van der Waals surface area (Å²) in [4.78, 5) is 11.1. The van der Waals surface area contributed by atoms with Crippen LogP contribution < -0.4 is 10.1 Å². The Balaban J connectivity index is 2.33. The maximum absolute atomic E-state index is 11.1. The number of aromatic hydroxyl groups is 1. The van der Waals surface area contributed by atoms with E-state index in [0.717, 1.165) is 5.56 Å². The van der Waals surface area contributed by atoms with Crippen molar-refractivity contribution in [2.24, 2.45) is 0 Å². The minimum absolute atomic E-state index is 0.141. The summed E-state index contributed by atoms with van der Waals surface area (Å²) in [5, 5.41) is 12.6. The average Bonchev–Trinajstić information content (AvgIpc) is 2.43. The molecule has 0 aromatic heterocycles. The van der Waals surface area contributed by atoms with Crippen LogP contribution in [0.5, 0.6) is 17.2 Å². The van der Waals surface area contributed by atoms with Gasteiger partial charge in [-0.2, -0.15) is 0 Å². The third-order valence-corrected chi connectivity index (χ3v) is 4.34. The van der Waals surface area contributed by atoms with Gasteiger partial charge in [-0.05, 0) is 68.1 Å². The summed E-state index contributed by atoms with van der Waals surface area (Å²) in [6.45, 7) is 5.47. The molecule has 0 fully saturated rings. The topological polar surface area (TPSA) is 58.6 Å². The smallest absolute Gasteiger partial charge is 0.221 e. The minimum atomic E-state index is -0.141. The number of phenolic OH excluding ortho intramolecular Hbond substituents is 1. The first-order valence-electron chi connectivity index (χ1n) is 7.05. The zero-order chi connectivity index (χ0) is 17.1. The predicted molar refractivity (Wildman–Crippen MR) is 98.4 cm³/mol. The van der Waals surface area contributed by atoms with E-state index in [9.17, 15) is 9.90 Å². The van der Waals surface area contributed by atoms with Crippen LogP contribution in [0.1, 0.15) is 32.3 Å². The molecule has 0 unspecified atom stereocenters. The van der Waals surface area contributed by atoms with Gasteiger partial charge in [0.15, 0.2) is 5.75 Å². The van der Waals surface area contributed by atoms with Gasteiger partial charge in [0.05, 0.1) is 8.95 Å². The molecule has 0 aliphatic heterocycles. The number of phenols is 1. The van der Waals surface area contributed by atoms with E-state index in [1.54, 1.807) is 24.3 Å². The van der Waals surface area contributed by atoms with Crippen LogP contribution in [-0.2, 0) is 4.79 Å². The second-order valence-electron chi connectivity index (χ2n) is 5.43. The third-order valence-electron chi connectivity index (χ3n) is 3.16. The molecular weight excluding hydrogens is 426 g/mol. The zero-order valence-corrected chi connectivity index (χ0v) is 16.2. The van der Waals surface area contributed by atoms with Crippen molar-refractivity contribution in [2.75, 3.05) is 5.32 Å². The highest BCUT2D eigenvalue weighted by atomic mass is 79.9. The van der Waals surface area contributed by atoms with Gasteiger partial charge in [-0.25, -0.2) is 0 Å². The monoisotopic (exact) mass is 441 g/mol. The Hall–Kier alpha value is -1.53. The lowest BCUT2D eigenvalue weighted by atomic mass is 10.0. The number of halogens is 2. The summed E-state index contributed by atoms with van der Waals surface area (Å²) >= 11 is 6.90. The molecule has 0 saturated heterocycles. The number of hydrogen-bond acceptors (Lipinski definition) is 3. The van der Waals surface area contributed by atoms with Gasteiger partial charge in [0.25, 0.3) is 0 Å². The van der Waals surface area contributed by atoms with Crippen molar-refractivity contribution in [3.8, 4) is 17.2 Å². The van der Waals surface area contributed by atoms with Crippen molar-refractivity contribution in [3.05, 3.63) is 44.8 Å². The van der Waals surface area contributed by atoms with E-state index < -0.39 is 0 Å². The molecule has 0 aliphatic carbocycles. The molecule has 1 amide bonds. The molecule has 4 nitrogen and oxygen atoms in total.